The number of fused-ring (bicyclic) bond motifs is 2. The topological polar surface area (TPSA) is 49.2 Å². The molecule has 1 N–H and O–H groups in total. The van der Waals surface area contributed by atoms with Gasteiger partial charge in [-0.2, -0.15) is 0 Å². The van der Waals surface area contributed by atoms with Crippen LogP contribution in [0.3, 0.4) is 0 Å². The number of piperidine rings is 1. The van der Waals surface area contributed by atoms with Crippen LogP contribution in [0.4, 0.5) is 0 Å². The van der Waals surface area contributed by atoms with Gasteiger partial charge in [0.2, 0.25) is 0 Å². The van der Waals surface area contributed by atoms with Crippen molar-refractivity contribution in [3.05, 3.63) is 24.3 Å². The molecule has 4 nitrogen and oxygen atoms in total. The Hall–Kier alpha value is -1.00. The van der Waals surface area contributed by atoms with E-state index in [2.05, 4.69) is 14.9 Å². The zero-order valence-corrected chi connectivity index (χ0v) is 9.29. The van der Waals surface area contributed by atoms with Gasteiger partial charge in [-0.15, -0.1) is 0 Å². The maximum absolute atomic E-state index is 9.72. The summed E-state index contributed by atoms with van der Waals surface area (Å²) in [7, 11) is 0. The maximum atomic E-state index is 9.72. The smallest absolute Gasteiger partial charge is 0.0727 e. The molecule has 4 heteroatoms. The number of rotatable bonds is 2. The predicted octanol–water partition coefficient (Wildman–Crippen LogP) is 0.964. The molecule has 0 radical (unpaired) electrons. The molecule has 2 aliphatic rings. The van der Waals surface area contributed by atoms with E-state index in [1.54, 1.807) is 12.4 Å². The van der Waals surface area contributed by atoms with E-state index in [0.29, 0.717) is 12.1 Å². The molecule has 0 saturated carbocycles. The number of aromatic nitrogens is 2. The normalized spacial score (nSPS) is 34.2. The van der Waals surface area contributed by atoms with Crippen molar-refractivity contribution < 1.29 is 5.11 Å². The average Bonchev–Trinajstić information content (AvgIpc) is 2.54. The van der Waals surface area contributed by atoms with E-state index in [0.717, 1.165) is 25.1 Å². The van der Waals surface area contributed by atoms with E-state index in [1.165, 1.54) is 12.8 Å². The highest BCUT2D eigenvalue weighted by Crippen LogP contribution is 2.36. The summed E-state index contributed by atoms with van der Waals surface area (Å²) in [6.45, 7) is 0.885. The number of nitrogens with zero attached hydrogens (tertiary/aromatic N) is 3. The lowest BCUT2D eigenvalue weighted by atomic mass is 10.00. The fourth-order valence-electron chi connectivity index (χ4n) is 3.10. The second-order valence-electron chi connectivity index (χ2n) is 4.88. The lowest BCUT2D eigenvalue weighted by Crippen LogP contribution is -2.44. The molecule has 0 amide bonds. The summed E-state index contributed by atoms with van der Waals surface area (Å²) in [4.78, 5) is 10.9. The van der Waals surface area contributed by atoms with E-state index < -0.39 is 0 Å². The molecule has 3 heterocycles. The molecule has 2 bridgehead atoms. The van der Waals surface area contributed by atoms with Gasteiger partial charge in [0.15, 0.2) is 0 Å². The van der Waals surface area contributed by atoms with E-state index in [4.69, 9.17) is 0 Å². The molecule has 2 atom stereocenters. The van der Waals surface area contributed by atoms with Crippen LogP contribution in [0.5, 0.6) is 0 Å². The Morgan fingerprint density at radius 1 is 1.25 bits per heavy atom. The number of aliphatic hydroxyl groups excluding tert-OH is 1. The zero-order valence-electron chi connectivity index (χ0n) is 9.29. The quantitative estimate of drug-likeness (QED) is 0.805. The third kappa shape index (κ3) is 1.83. The van der Waals surface area contributed by atoms with E-state index in [9.17, 15) is 5.11 Å². The molecule has 0 aliphatic carbocycles. The molecule has 2 aliphatic heterocycles. The Kier molecular flexibility index (Phi) is 2.61. The molecular weight excluding hydrogens is 202 g/mol. The van der Waals surface area contributed by atoms with Crippen molar-refractivity contribution in [2.45, 2.75) is 50.4 Å². The van der Waals surface area contributed by atoms with Crippen LogP contribution in [0.2, 0.25) is 0 Å². The van der Waals surface area contributed by atoms with Crippen molar-refractivity contribution in [2.24, 2.45) is 0 Å². The first-order valence-corrected chi connectivity index (χ1v) is 6.01. The van der Waals surface area contributed by atoms with Crippen molar-refractivity contribution in [3.63, 3.8) is 0 Å². The Morgan fingerprint density at radius 3 is 2.62 bits per heavy atom. The van der Waals surface area contributed by atoms with Gasteiger partial charge in [-0.25, -0.2) is 0 Å². The highest BCUT2D eigenvalue weighted by atomic mass is 16.3. The summed E-state index contributed by atoms with van der Waals surface area (Å²) in [5.41, 5.74) is 1.04. The Bertz CT molecular complexity index is 343. The number of hydrogen-bond donors (Lipinski definition) is 1. The lowest BCUT2D eigenvalue weighted by molar-refractivity contribution is 0.0303. The Labute approximate surface area is 95.3 Å². The first-order chi connectivity index (χ1) is 7.83. The van der Waals surface area contributed by atoms with Crippen molar-refractivity contribution in [2.75, 3.05) is 0 Å². The summed E-state index contributed by atoms with van der Waals surface area (Å²) in [6, 6.07) is 1.10. The van der Waals surface area contributed by atoms with Gasteiger partial charge in [0, 0.05) is 37.2 Å². The number of hydrogen-bond acceptors (Lipinski definition) is 4. The van der Waals surface area contributed by atoms with Gasteiger partial charge < -0.3 is 5.11 Å². The third-order valence-corrected chi connectivity index (χ3v) is 3.82. The second-order valence-corrected chi connectivity index (χ2v) is 4.88. The first-order valence-electron chi connectivity index (χ1n) is 6.01. The standard InChI is InChI=1S/C12H17N3O/c16-12-5-10-1-2-11(6-12)15(10)8-9-7-13-3-4-14-9/h3-4,7,10-12,16H,1-2,5-6,8H2. The third-order valence-electron chi connectivity index (χ3n) is 3.82. The largest absolute Gasteiger partial charge is 0.393 e. The van der Waals surface area contributed by atoms with Crippen LogP contribution < -0.4 is 0 Å². The molecule has 0 spiro atoms. The van der Waals surface area contributed by atoms with Gasteiger partial charge in [0.05, 0.1) is 11.8 Å². The monoisotopic (exact) mass is 219 g/mol. The van der Waals surface area contributed by atoms with Crippen LogP contribution in [0, 0.1) is 0 Å². The minimum absolute atomic E-state index is 0.0874. The van der Waals surface area contributed by atoms with Gasteiger partial charge in [-0.05, 0) is 25.7 Å². The van der Waals surface area contributed by atoms with Gasteiger partial charge in [-0.1, -0.05) is 0 Å². The van der Waals surface area contributed by atoms with Crippen LogP contribution in [0.15, 0.2) is 18.6 Å². The molecule has 2 unspecified atom stereocenters. The van der Waals surface area contributed by atoms with Crippen LogP contribution in [-0.4, -0.2) is 38.2 Å². The molecule has 1 aromatic heterocycles. The number of aliphatic hydroxyl groups is 1. The van der Waals surface area contributed by atoms with E-state index >= 15 is 0 Å². The summed E-state index contributed by atoms with van der Waals surface area (Å²) in [5, 5.41) is 9.72. The molecule has 1 aromatic rings. The second kappa shape index (κ2) is 4.11. The van der Waals surface area contributed by atoms with Gasteiger partial charge in [0.1, 0.15) is 0 Å². The lowest BCUT2D eigenvalue weighted by Gasteiger charge is -2.36. The van der Waals surface area contributed by atoms with Gasteiger partial charge in [0.25, 0.3) is 0 Å². The molecule has 0 aromatic carbocycles. The molecule has 16 heavy (non-hydrogen) atoms. The fraction of sp³-hybridized carbons (Fsp3) is 0.667. The van der Waals surface area contributed by atoms with Crippen LogP contribution in [-0.2, 0) is 6.54 Å². The molecule has 2 saturated heterocycles. The van der Waals surface area contributed by atoms with E-state index in [1.807, 2.05) is 6.20 Å². The van der Waals surface area contributed by atoms with Crippen molar-refractivity contribution >= 4 is 0 Å². The maximum Gasteiger partial charge on any atom is 0.0727 e. The summed E-state index contributed by atoms with van der Waals surface area (Å²) in [5.74, 6) is 0. The molecule has 2 fully saturated rings. The van der Waals surface area contributed by atoms with Crippen molar-refractivity contribution in [3.8, 4) is 0 Å². The average molecular weight is 219 g/mol. The van der Waals surface area contributed by atoms with Crippen LogP contribution in [0.25, 0.3) is 0 Å². The summed E-state index contributed by atoms with van der Waals surface area (Å²) >= 11 is 0. The van der Waals surface area contributed by atoms with Crippen LogP contribution in [0.1, 0.15) is 31.4 Å². The first kappa shape index (κ1) is 10.2. The molecule has 86 valence electrons. The zero-order chi connectivity index (χ0) is 11.0. The Balaban J connectivity index is 1.72. The van der Waals surface area contributed by atoms with Crippen molar-refractivity contribution in [1.82, 2.24) is 14.9 Å². The predicted molar refractivity (Wildman–Crippen MR) is 59.6 cm³/mol. The highest BCUT2D eigenvalue weighted by molar-refractivity contribution is 5.01. The SMILES string of the molecule is OC1CC2CCC(C1)N2Cc1cnccn1. The summed E-state index contributed by atoms with van der Waals surface area (Å²) < 4.78 is 0. The Morgan fingerprint density at radius 2 is 2.00 bits per heavy atom. The van der Waals surface area contributed by atoms with Gasteiger partial charge >= 0.3 is 0 Å². The fourth-order valence-corrected chi connectivity index (χ4v) is 3.10. The van der Waals surface area contributed by atoms with Crippen molar-refractivity contribution in [1.29, 1.82) is 0 Å². The molecule has 3 rings (SSSR count). The molecular formula is C12H17N3O. The van der Waals surface area contributed by atoms with Gasteiger partial charge in [-0.3, -0.25) is 14.9 Å². The van der Waals surface area contributed by atoms with E-state index in [-0.39, 0.29) is 6.10 Å². The highest BCUT2D eigenvalue weighted by Gasteiger charge is 2.39. The van der Waals surface area contributed by atoms with Crippen LogP contribution >= 0.6 is 0 Å². The minimum Gasteiger partial charge on any atom is -0.393 e. The summed E-state index contributed by atoms with van der Waals surface area (Å²) in [6.07, 6.45) is 9.51. The minimum atomic E-state index is -0.0874.